The van der Waals surface area contributed by atoms with E-state index in [1.165, 1.54) is 6.39 Å². The van der Waals surface area contributed by atoms with Gasteiger partial charge in [-0.15, -0.1) is 0 Å². The molecule has 0 aliphatic heterocycles. The Morgan fingerprint density at radius 1 is 1.58 bits per heavy atom. The van der Waals surface area contributed by atoms with Crippen LogP contribution in [-0.4, -0.2) is 15.1 Å². The van der Waals surface area contributed by atoms with Crippen LogP contribution in [0.1, 0.15) is 11.3 Å². The second kappa shape index (κ2) is 2.57. The van der Waals surface area contributed by atoms with Gasteiger partial charge in [0.25, 0.3) is 0 Å². The van der Waals surface area contributed by atoms with E-state index in [0.29, 0.717) is 11.2 Å². The van der Waals surface area contributed by atoms with Crippen molar-refractivity contribution in [3.8, 4) is 0 Å². The highest BCUT2D eigenvalue weighted by Gasteiger charge is 2.06. The molecule has 0 aliphatic carbocycles. The van der Waals surface area contributed by atoms with Crippen LogP contribution in [0.5, 0.6) is 0 Å². The van der Waals surface area contributed by atoms with Crippen molar-refractivity contribution >= 4 is 11.2 Å². The van der Waals surface area contributed by atoms with Crippen LogP contribution in [-0.2, 0) is 6.61 Å². The standard InChI is InChI=1S/C8H8N2O2/c1-5-2-6(3-11)7-8(10-5)9-4-12-7/h2,4,11H,3H2,1H3. The molecule has 4 nitrogen and oxygen atoms in total. The summed E-state index contributed by atoms with van der Waals surface area (Å²) in [6, 6.07) is 1.79. The van der Waals surface area contributed by atoms with Gasteiger partial charge in [0.15, 0.2) is 17.6 Å². The van der Waals surface area contributed by atoms with Crippen LogP contribution in [0.3, 0.4) is 0 Å². The summed E-state index contributed by atoms with van der Waals surface area (Å²) in [6.07, 6.45) is 1.33. The van der Waals surface area contributed by atoms with Crippen molar-refractivity contribution in [2.24, 2.45) is 0 Å². The Balaban J connectivity index is 2.80. The van der Waals surface area contributed by atoms with E-state index in [0.717, 1.165) is 11.3 Å². The molecule has 0 aromatic carbocycles. The second-order valence-electron chi connectivity index (χ2n) is 2.59. The van der Waals surface area contributed by atoms with Gasteiger partial charge in [0.2, 0.25) is 0 Å². The summed E-state index contributed by atoms with van der Waals surface area (Å²) in [7, 11) is 0. The fraction of sp³-hybridized carbons (Fsp3) is 0.250. The van der Waals surface area contributed by atoms with Crippen molar-refractivity contribution in [1.82, 2.24) is 9.97 Å². The van der Waals surface area contributed by atoms with Crippen molar-refractivity contribution in [2.45, 2.75) is 13.5 Å². The smallest absolute Gasteiger partial charge is 0.199 e. The summed E-state index contributed by atoms with van der Waals surface area (Å²) in [5, 5.41) is 8.96. The molecule has 0 spiro atoms. The molecule has 0 saturated heterocycles. The van der Waals surface area contributed by atoms with Crippen LogP contribution in [0, 0.1) is 6.92 Å². The molecule has 0 amide bonds. The highest BCUT2D eigenvalue weighted by Crippen LogP contribution is 2.16. The number of aliphatic hydroxyl groups is 1. The van der Waals surface area contributed by atoms with Crippen LogP contribution >= 0.6 is 0 Å². The number of pyridine rings is 1. The van der Waals surface area contributed by atoms with E-state index >= 15 is 0 Å². The molecule has 0 aliphatic rings. The van der Waals surface area contributed by atoms with Gasteiger partial charge in [-0.05, 0) is 13.0 Å². The second-order valence-corrected chi connectivity index (χ2v) is 2.59. The number of aryl methyl sites for hydroxylation is 1. The molecule has 0 atom stereocenters. The molecule has 2 aromatic heterocycles. The normalized spacial score (nSPS) is 10.8. The minimum Gasteiger partial charge on any atom is -0.441 e. The van der Waals surface area contributed by atoms with Crippen molar-refractivity contribution in [3.63, 3.8) is 0 Å². The average Bonchev–Trinajstić information content (AvgIpc) is 2.50. The molecule has 4 heteroatoms. The van der Waals surface area contributed by atoms with Gasteiger partial charge in [-0.25, -0.2) is 4.98 Å². The molecule has 0 saturated carbocycles. The maximum Gasteiger partial charge on any atom is 0.199 e. The van der Waals surface area contributed by atoms with E-state index in [2.05, 4.69) is 9.97 Å². The summed E-state index contributed by atoms with van der Waals surface area (Å²) >= 11 is 0. The highest BCUT2D eigenvalue weighted by atomic mass is 16.3. The Hall–Kier alpha value is -1.42. The minimum atomic E-state index is -0.0466. The SMILES string of the molecule is Cc1cc(CO)c2ocnc2n1. The molecule has 2 heterocycles. The minimum absolute atomic E-state index is 0.0466. The van der Waals surface area contributed by atoms with Crippen LogP contribution in [0.4, 0.5) is 0 Å². The molecule has 1 N–H and O–H groups in total. The van der Waals surface area contributed by atoms with E-state index in [1.807, 2.05) is 6.92 Å². The molecule has 0 bridgehead atoms. The van der Waals surface area contributed by atoms with Crippen LogP contribution in [0.15, 0.2) is 16.9 Å². The van der Waals surface area contributed by atoms with E-state index in [9.17, 15) is 0 Å². The lowest BCUT2D eigenvalue weighted by atomic mass is 10.2. The fourth-order valence-electron chi connectivity index (χ4n) is 1.17. The Bertz CT molecular complexity index is 408. The first-order valence-corrected chi connectivity index (χ1v) is 3.62. The zero-order valence-corrected chi connectivity index (χ0v) is 6.61. The number of fused-ring (bicyclic) bond motifs is 1. The Kier molecular flexibility index (Phi) is 1.55. The third-order valence-electron chi connectivity index (χ3n) is 1.68. The Morgan fingerprint density at radius 2 is 2.42 bits per heavy atom. The van der Waals surface area contributed by atoms with Gasteiger partial charge in [-0.3, -0.25) is 0 Å². The molecule has 0 unspecified atom stereocenters. The first-order valence-electron chi connectivity index (χ1n) is 3.62. The molecular formula is C8H8N2O2. The molecule has 0 radical (unpaired) electrons. The predicted molar refractivity (Wildman–Crippen MR) is 42.5 cm³/mol. The summed E-state index contributed by atoms with van der Waals surface area (Å²) in [4.78, 5) is 8.03. The van der Waals surface area contributed by atoms with Gasteiger partial charge >= 0.3 is 0 Å². The van der Waals surface area contributed by atoms with Crippen LogP contribution in [0.2, 0.25) is 0 Å². The van der Waals surface area contributed by atoms with Gasteiger partial charge in [-0.1, -0.05) is 0 Å². The third-order valence-corrected chi connectivity index (χ3v) is 1.68. The average molecular weight is 164 g/mol. The van der Waals surface area contributed by atoms with Gasteiger partial charge in [-0.2, -0.15) is 4.98 Å². The summed E-state index contributed by atoms with van der Waals surface area (Å²) in [5.74, 6) is 0. The molecule has 2 aromatic rings. The number of hydrogen-bond acceptors (Lipinski definition) is 4. The summed E-state index contributed by atoms with van der Waals surface area (Å²) in [6.45, 7) is 1.81. The first kappa shape index (κ1) is 7.24. The number of oxazole rings is 1. The van der Waals surface area contributed by atoms with Gasteiger partial charge in [0.05, 0.1) is 6.61 Å². The Labute approximate surface area is 68.9 Å². The molecule has 62 valence electrons. The van der Waals surface area contributed by atoms with Crippen molar-refractivity contribution in [3.05, 3.63) is 23.7 Å². The molecular weight excluding hydrogens is 156 g/mol. The van der Waals surface area contributed by atoms with E-state index < -0.39 is 0 Å². The van der Waals surface area contributed by atoms with Crippen molar-refractivity contribution in [1.29, 1.82) is 0 Å². The quantitative estimate of drug-likeness (QED) is 0.683. The number of nitrogens with zero attached hydrogens (tertiary/aromatic N) is 2. The van der Waals surface area contributed by atoms with Gasteiger partial charge < -0.3 is 9.52 Å². The highest BCUT2D eigenvalue weighted by molar-refractivity contribution is 5.71. The summed E-state index contributed by atoms with van der Waals surface area (Å²) in [5.41, 5.74) is 2.69. The molecule has 12 heavy (non-hydrogen) atoms. The maximum absolute atomic E-state index is 8.96. The lowest BCUT2D eigenvalue weighted by molar-refractivity contribution is 0.281. The third kappa shape index (κ3) is 0.967. The molecule has 0 fully saturated rings. The zero-order chi connectivity index (χ0) is 8.55. The lowest BCUT2D eigenvalue weighted by Gasteiger charge is -1.97. The monoisotopic (exact) mass is 164 g/mol. The lowest BCUT2D eigenvalue weighted by Crippen LogP contribution is -1.89. The maximum atomic E-state index is 8.96. The number of rotatable bonds is 1. The van der Waals surface area contributed by atoms with Gasteiger partial charge in [0, 0.05) is 11.3 Å². The van der Waals surface area contributed by atoms with E-state index in [1.54, 1.807) is 6.07 Å². The van der Waals surface area contributed by atoms with E-state index in [4.69, 9.17) is 9.52 Å². The zero-order valence-electron chi connectivity index (χ0n) is 6.61. The van der Waals surface area contributed by atoms with Crippen molar-refractivity contribution < 1.29 is 9.52 Å². The first-order chi connectivity index (χ1) is 5.81. The predicted octanol–water partition coefficient (Wildman–Crippen LogP) is 1.02. The van der Waals surface area contributed by atoms with E-state index in [-0.39, 0.29) is 6.61 Å². The van der Waals surface area contributed by atoms with Crippen LogP contribution in [0.25, 0.3) is 11.2 Å². The number of aromatic nitrogens is 2. The topological polar surface area (TPSA) is 59.2 Å². The Morgan fingerprint density at radius 3 is 3.17 bits per heavy atom. The van der Waals surface area contributed by atoms with Crippen LogP contribution < -0.4 is 0 Å². The number of aliphatic hydroxyl groups excluding tert-OH is 1. The van der Waals surface area contributed by atoms with Crippen molar-refractivity contribution in [2.75, 3.05) is 0 Å². The van der Waals surface area contributed by atoms with Gasteiger partial charge in [0.1, 0.15) is 0 Å². The molecule has 2 rings (SSSR count). The fourth-order valence-corrected chi connectivity index (χ4v) is 1.17. The summed E-state index contributed by atoms with van der Waals surface area (Å²) < 4.78 is 5.06. The number of hydrogen-bond donors (Lipinski definition) is 1. The largest absolute Gasteiger partial charge is 0.441 e.